The summed E-state index contributed by atoms with van der Waals surface area (Å²) >= 11 is 2.14. The highest BCUT2D eigenvalue weighted by molar-refractivity contribution is 14.1. The van der Waals surface area contributed by atoms with E-state index in [0.29, 0.717) is 5.69 Å². The quantitative estimate of drug-likeness (QED) is 0.465. The summed E-state index contributed by atoms with van der Waals surface area (Å²) in [7, 11) is -3.98. The van der Waals surface area contributed by atoms with E-state index in [1.165, 1.54) is 16.4 Å². The summed E-state index contributed by atoms with van der Waals surface area (Å²) in [6.07, 6.45) is -0.186. The number of anilines is 1. The second-order valence-electron chi connectivity index (χ2n) is 7.55. The Labute approximate surface area is 178 Å². The molecule has 1 heterocycles. The van der Waals surface area contributed by atoms with E-state index < -0.39 is 33.4 Å². The van der Waals surface area contributed by atoms with Gasteiger partial charge in [-0.15, -0.1) is 0 Å². The molecule has 0 N–H and O–H groups in total. The van der Waals surface area contributed by atoms with Crippen LogP contribution in [0, 0.1) is 3.57 Å². The van der Waals surface area contributed by atoms with Gasteiger partial charge in [-0.3, -0.25) is 9.59 Å². The van der Waals surface area contributed by atoms with Crippen molar-refractivity contribution in [2.24, 2.45) is 0 Å². The molecule has 2 amide bonds. The summed E-state index contributed by atoms with van der Waals surface area (Å²) in [6.45, 7) is 5.16. The molecule has 2 aromatic rings. The summed E-state index contributed by atoms with van der Waals surface area (Å²) in [4.78, 5) is 27.0. The maximum atomic E-state index is 13.3. The normalized spacial score (nSPS) is 18.2. The van der Waals surface area contributed by atoms with Crippen molar-refractivity contribution < 1.29 is 18.0 Å². The number of hydrogen-bond acceptors (Lipinski definition) is 4. The summed E-state index contributed by atoms with van der Waals surface area (Å²) in [6, 6.07) is 13.9. The molecular formula is C20H21IN2O4S. The Morgan fingerprint density at radius 2 is 1.57 bits per heavy atom. The van der Waals surface area contributed by atoms with Crippen LogP contribution in [0.5, 0.6) is 0 Å². The van der Waals surface area contributed by atoms with Gasteiger partial charge in [0.05, 0.1) is 17.0 Å². The third-order valence-corrected chi connectivity index (χ3v) is 7.36. The molecule has 6 nitrogen and oxygen atoms in total. The van der Waals surface area contributed by atoms with E-state index in [4.69, 9.17) is 0 Å². The van der Waals surface area contributed by atoms with E-state index in [0.717, 1.165) is 8.47 Å². The third-order valence-electron chi connectivity index (χ3n) is 4.45. The van der Waals surface area contributed by atoms with Crippen molar-refractivity contribution in [1.82, 2.24) is 4.31 Å². The first-order chi connectivity index (χ1) is 13.0. The fourth-order valence-electron chi connectivity index (χ4n) is 3.36. The van der Waals surface area contributed by atoms with Crippen LogP contribution in [0.1, 0.15) is 27.2 Å². The SMILES string of the molecule is CC(C)(C)N(C1CC(=O)N(c2ccc(I)cc2)C1=O)S(=O)(=O)c1ccccc1. The molecule has 0 aromatic heterocycles. The van der Waals surface area contributed by atoms with E-state index in [9.17, 15) is 18.0 Å². The molecule has 0 spiro atoms. The topological polar surface area (TPSA) is 74.8 Å². The van der Waals surface area contributed by atoms with Gasteiger partial charge in [-0.05, 0) is 79.8 Å². The van der Waals surface area contributed by atoms with Crippen LogP contribution < -0.4 is 4.90 Å². The number of hydrogen-bond donors (Lipinski definition) is 0. The molecule has 148 valence electrons. The maximum absolute atomic E-state index is 13.3. The number of sulfonamides is 1. The first-order valence-corrected chi connectivity index (χ1v) is 11.3. The Bertz CT molecular complexity index is 999. The number of halogens is 1. The molecular weight excluding hydrogens is 491 g/mol. The van der Waals surface area contributed by atoms with Crippen LogP contribution in [0.2, 0.25) is 0 Å². The predicted octanol–water partition coefficient (Wildman–Crippen LogP) is 3.41. The predicted molar refractivity (Wildman–Crippen MR) is 115 cm³/mol. The molecule has 1 saturated heterocycles. The maximum Gasteiger partial charge on any atom is 0.252 e. The number of nitrogens with zero attached hydrogens (tertiary/aromatic N) is 2. The van der Waals surface area contributed by atoms with Crippen LogP contribution in [0.3, 0.4) is 0 Å². The molecule has 1 atom stereocenters. The molecule has 0 radical (unpaired) electrons. The van der Waals surface area contributed by atoms with Crippen molar-refractivity contribution in [3.05, 3.63) is 58.2 Å². The number of rotatable bonds is 4. The Morgan fingerprint density at radius 3 is 2.11 bits per heavy atom. The minimum Gasteiger partial charge on any atom is -0.274 e. The van der Waals surface area contributed by atoms with Crippen LogP contribution in [0.25, 0.3) is 0 Å². The molecule has 0 saturated carbocycles. The smallest absolute Gasteiger partial charge is 0.252 e. The van der Waals surface area contributed by atoms with Gasteiger partial charge in [-0.1, -0.05) is 18.2 Å². The lowest BCUT2D eigenvalue weighted by Crippen LogP contribution is -2.54. The zero-order valence-corrected chi connectivity index (χ0v) is 18.8. The lowest BCUT2D eigenvalue weighted by Gasteiger charge is -2.37. The fraction of sp³-hybridized carbons (Fsp3) is 0.300. The van der Waals surface area contributed by atoms with Crippen molar-refractivity contribution in [3.8, 4) is 0 Å². The zero-order valence-electron chi connectivity index (χ0n) is 15.8. The second-order valence-corrected chi connectivity index (χ2v) is 10.6. The lowest BCUT2D eigenvalue weighted by atomic mass is 10.1. The third kappa shape index (κ3) is 3.85. The van der Waals surface area contributed by atoms with Gasteiger partial charge in [-0.25, -0.2) is 13.3 Å². The van der Waals surface area contributed by atoms with Gasteiger partial charge in [0.1, 0.15) is 6.04 Å². The second kappa shape index (κ2) is 7.57. The van der Waals surface area contributed by atoms with Gasteiger partial charge in [0.15, 0.2) is 0 Å². The van der Waals surface area contributed by atoms with E-state index >= 15 is 0 Å². The molecule has 2 aromatic carbocycles. The number of carbonyl (C=O) groups excluding carboxylic acids is 2. The molecule has 3 rings (SSSR count). The van der Waals surface area contributed by atoms with Crippen LogP contribution in [0.15, 0.2) is 59.5 Å². The minimum atomic E-state index is -3.98. The van der Waals surface area contributed by atoms with Gasteiger partial charge < -0.3 is 0 Å². The molecule has 0 bridgehead atoms. The van der Waals surface area contributed by atoms with E-state index in [1.807, 2.05) is 0 Å². The summed E-state index contributed by atoms with van der Waals surface area (Å²) < 4.78 is 28.8. The highest BCUT2D eigenvalue weighted by atomic mass is 127. The number of amides is 2. The molecule has 1 unspecified atom stereocenters. The first kappa shape index (κ1) is 20.9. The van der Waals surface area contributed by atoms with Gasteiger partial charge >= 0.3 is 0 Å². The molecule has 28 heavy (non-hydrogen) atoms. The van der Waals surface area contributed by atoms with Gasteiger partial charge in [0.25, 0.3) is 5.91 Å². The number of carbonyl (C=O) groups is 2. The molecule has 1 fully saturated rings. The Balaban J connectivity index is 2.04. The average Bonchev–Trinajstić information content (AvgIpc) is 2.89. The fourth-order valence-corrected chi connectivity index (χ4v) is 5.67. The monoisotopic (exact) mass is 512 g/mol. The minimum absolute atomic E-state index is 0.0953. The highest BCUT2D eigenvalue weighted by Crippen LogP contribution is 2.34. The van der Waals surface area contributed by atoms with E-state index in [1.54, 1.807) is 63.2 Å². The van der Waals surface area contributed by atoms with Crippen molar-refractivity contribution >= 4 is 50.1 Å². The number of imide groups is 1. The Morgan fingerprint density at radius 1 is 1.00 bits per heavy atom. The van der Waals surface area contributed by atoms with Crippen LogP contribution in [-0.4, -0.2) is 36.1 Å². The lowest BCUT2D eigenvalue weighted by molar-refractivity contribution is -0.122. The molecule has 0 aliphatic carbocycles. The highest BCUT2D eigenvalue weighted by Gasteiger charge is 2.50. The van der Waals surface area contributed by atoms with Crippen LogP contribution in [-0.2, 0) is 19.6 Å². The van der Waals surface area contributed by atoms with Crippen molar-refractivity contribution in [1.29, 1.82) is 0 Å². The average molecular weight is 512 g/mol. The van der Waals surface area contributed by atoms with E-state index in [2.05, 4.69) is 22.6 Å². The molecule has 1 aliphatic rings. The van der Waals surface area contributed by atoms with Gasteiger partial charge in [-0.2, -0.15) is 4.31 Å². The van der Waals surface area contributed by atoms with Crippen molar-refractivity contribution in [2.45, 2.75) is 43.7 Å². The standard InChI is InChI=1S/C20H21IN2O4S/c1-20(2,3)23(28(26,27)16-7-5-4-6-8-16)17-13-18(24)22(19(17)25)15-11-9-14(21)10-12-15/h4-12,17H,13H2,1-3H3. The number of benzene rings is 2. The zero-order chi connectivity index (χ0) is 20.7. The molecule has 8 heteroatoms. The van der Waals surface area contributed by atoms with Crippen LogP contribution in [0.4, 0.5) is 5.69 Å². The Hall–Kier alpha value is -1.78. The summed E-state index contributed by atoms with van der Waals surface area (Å²) in [5, 5.41) is 0. The van der Waals surface area contributed by atoms with Gasteiger partial charge in [0.2, 0.25) is 15.9 Å². The summed E-state index contributed by atoms with van der Waals surface area (Å²) in [5.74, 6) is -0.936. The molecule has 1 aliphatic heterocycles. The summed E-state index contributed by atoms with van der Waals surface area (Å²) in [5.41, 5.74) is -0.443. The van der Waals surface area contributed by atoms with E-state index in [-0.39, 0.29) is 11.3 Å². The van der Waals surface area contributed by atoms with Crippen molar-refractivity contribution in [2.75, 3.05) is 4.90 Å². The van der Waals surface area contributed by atoms with Gasteiger partial charge in [0, 0.05) is 9.11 Å². The van der Waals surface area contributed by atoms with Crippen molar-refractivity contribution in [3.63, 3.8) is 0 Å². The van der Waals surface area contributed by atoms with Crippen LogP contribution >= 0.6 is 22.6 Å². The largest absolute Gasteiger partial charge is 0.274 e. The first-order valence-electron chi connectivity index (χ1n) is 8.75. The Kier molecular flexibility index (Phi) is 5.66.